The molecular formula is C14H16N4O3. The molecule has 0 aliphatic rings. The van der Waals surface area contributed by atoms with Crippen molar-refractivity contribution in [3.05, 3.63) is 40.4 Å². The van der Waals surface area contributed by atoms with Crippen LogP contribution in [0.25, 0.3) is 10.9 Å². The smallest absolute Gasteiger partial charge is 0.302 e. The van der Waals surface area contributed by atoms with E-state index >= 15 is 0 Å². The van der Waals surface area contributed by atoms with E-state index in [9.17, 15) is 14.4 Å². The Hall–Kier alpha value is -2.70. The van der Waals surface area contributed by atoms with Crippen molar-refractivity contribution in [2.24, 2.45) is 5.41 Å². The molecule has 1 aromatic heterocycles. The van der Waals surface area contributed by atoms with Gasteiger partial charge in [0.2, 0.25) is 11.7 Å². The maximum Gasteiger partial charge on any atom is 0.305 e. The van der Waals surface area contributed by atoms with E-state index in [0.717, 1.165) is 0 Å². The number of para-hydroxylation sites is 1. The molecule has 110 valence electrons. The van der Waals surface area contributed by atoms with E-state index in [4.69, 9.17) is 0 Å². The van der Waals surface area contributed by atoms with Gasteiger partial charge in [0.05, 0.1) is 10.9 Å². The third-order valence-electron chi connectivity index (χ3n) is 2.80. The van der Waals surface area contributed by atoms with Crippen LogP contribution in [-0.4, -0.2) is 21.8 Å². The molecule has 7 heteroatoms. The van der Waals surface area contributed by atoms with Crippen LogP contribution in [0.2, 0.25) is 0 Å². The number of aromatic nitrogens is 2. The van der Waals surface area contributed by atoms with Gasteiger partial charge in [-0.1, -0.05) is 32.9 Å². The first-order valence-electron chi connectivity index (χ1n) is 6.39. The molecule has 21 heavy (non-hydrogen) atoms. The average molecular weight is 288 g/mol. The van der Waals surface area contributed by atoms with Crippen molar-refractivity contribution in [2.45, 2.75) is 20.8 Å². The van der Waals surface area contributed by atoms with Crippen LogP contribution in [0.4, 0.5) is 0 Å². The molecule has 0 saturated carbocycles. The summed E-state index contributed by atoms with van der Waals surface area (Å²) in [7, 11) is 0. The number of nitrogens with one attached hydrogen (secondary N) is 3. The molecule has 1 aromatic carbocycles. The summed E-state index contributed by atoms with van der Waals surface area (Å²) in [6, 6.07) is 6.68. The van der Waals surface area contributed by atoms with E-state index in [0.29, 0.717) is 10.9 Å². The maximum atomic E-state index is 11.9. The molecule has 0 fully saturated rings. The van der Waals surface area contributed by atoms with E-state index in [1.165, 1.54) is 0 Å². The van der Waals surface area contributed by atoms with Gasteiger partial charge in [-0.05, 0) is 12.1 Å². The molecule has 0 atom stereocenters. The number of benzene rings is 1. The first kappa shape index (κ1) is 14.7. The Kier molecular flexibility index (Phi) is 3.75. The fourth-order valence-corrected chi connectivity index (χ4v) is 1.55. The van der Waals surface area contributed by atoms with Crippen LogP contribution in [0.3, 0.4) is 0 Å². The SMILES string of the molecule is CC(C)(C)C(=O)NNC(=O)c1nc2ccccc2c(=O)[nH]1. The van der Waals surface area contributed by atoms with Crippen LogP contribution in [0.5, 0.6) is 0 Å². The van der Waals surface area contributed by atoms with Crippen molar-refractivity contribution in [1.29, 1.82) is 0 Å². The molecule has 2 amide bonds. The Morgan fingerprint density at radius 1 is 1.14 bits per heavy atom. The molecule has 2 aromatic rings. The highest BCUT2D eigenvalue weighted by Crippen LogP contribution is 2.11. The Morgan fingerprint density at radius 3 is 2.48 bits per heavy atom. The molecular weight excluding hydrogens is 272 g/mol. The molecule has 0 aliphatic carbocycles. The molecule has 0 bridgehead atoms. The Labute approximate surface area is 120 Å². The molecule has 0 spiro atoms. The summed E-state index contributed by atoms with van der Waals surface area (Å²) in [4.78, 5) is 41.9. The first-order chi connectivity index (χ1) is 9.79. The van der Waals surface area contributed by atoms with Crippen molar-refractivity contribution >= 4 is 22.7 Å². The van der Waals surface area contributed by atoms with Crippen LogP contribution in [0.1, 0.15) is 31.4 Å². The highest BCUT2D eigenvalue weighted by atomic mass is 16.2. The fraction of sp³-hybridized carbons (Fsp3) is 0.286. The van der Waals surface area contributed by atoms with Crippen molar-refractivity contribution in [3.63, 3.8) is 0 Å². The van der Waals surface area contributed by atoms with E-state index < -0.39 is 16.9 Å². The maximum absolute atomic E-state index is 11.9. The number of aromatic amines is 1. The number of amides is 2. The lowest BCUT2D eigenvalue weighted by atomic mass is 9.96. The first-order valence-corrected chi connectivity index (χ1v) is 6.39. The zero-order chi connectivity index (χ0) is 15.6. The normalized spacial score (nSPS) is 11.2. The molecule has 0 aliphatic heterocycles. The zero-order valence-electron chi connectivity index (χ0n) is 12.0. The number of nitrogens with zero attached hydrogens (tertiary/aromatic N) is 1. The number of carbonyl (C=O) groups is 2. The van der Waals surface area contributed by atoms with Crippen LogP contribution in [0.15, 0.2) is 29.1 Å². The second-order valence-electron chi connectivity index (χ2n) is 5.59. The van der Waals surface area contributed by atoms with Gasteiger partial charge in [0.1, 0.15) is 0 Å². The zero-order valence-corrected chi connectivity index (χ0v) is 12.0. The number of hydrogen-bond acceptors (Lipinski definition) is 4. The van der Waals surface area contributed by atoms with Gasteiger partial charge in [-0.3, -0.25) is 25.2 Å². The number of carbonyl (C=O) groups excluding carboxylic acids is 2. The predicted molar refractivity (Wildman–Crippen MR) is 77.4 cm³/mol. The van der Waals surface area contributed by atoms with Crippen LogP contribution < -0.4 is 16.4 Å². The van der Waals surface area contributed by atoms with Gasteiger partial charge >= 0.3 is 5.91 Å². The lowest BCUT2D eigenvalue weighted by molar-refractivity contribution is -0.129. The number of hydrogen-bond donors (Lipinski definition) is 3. The standard InChI is InChI=1S/C14H16N4O3/c1-14(2,3)13(21)18-17-12(20)10-15-9-7-5-4-6-8(9)11(19)16-10/h4-7H,1-3H3,(H,17,20)(H,18,21)(H,15,16,19). The van der Waals surface area contributed by atoms with Crippen LogP contribution >= 0.6 is 0 Å². The lowest BCUT2D eigenvalue weighted by Crippen LogP contribution is -2.47. The minimum absolute atomic E-state index is 0.159. The third kappa shape index (κ3) is 3.25. The second-order valence-corrected chi connectivity index (χ2v) is 5.59. The molecule has 0 saturated heterocycles. The Balaban J connectivity index is 2.21. The second kappa shape index (κ2) is 5.35. The molecule has 1 heterocycles. The van der Waals surface area contributed by atoms with Crippen molar-refractivity contribution in [1.82, 2.24) is 20.8 Å². The number of H-pyrrole nitrogens is 1. The predicted octanol–water partition coefficient (Wildman–Crippen LogP) is 0.730. The number of hydrazine groups is 1. The molecule has 0 radical (unpaired) electrons. The summed E-state index contributed by atoms with van der Waals surface area (Å²) in [5.41, 5.74) is 3.87. The Bertz CT molecular complexity index is 759. The van der Waals surface area contributed by atoms with Gasteiger partial charge in [-0.15, -0.1) is 0 Å². The van der Waals surface area contributed by atoms with E-state index in [1.807, 2.05) is 0 Å². The summed E-state index contributed by atoms with van der Waals surface area (Å²) in [6.07, 6.45) is 0. The van der Waals surface area contributed by atoms with Crippen molar-refractivity contribution < 1.29 is 9.59 Å². The highest BCUT2D eigenvalue weighted by Gasteiger charge is 2.22. The summed E-state index contributed by atoms with van der Waals surface area (Å²) in [5.74, 6) is -1.19. The van der Waals surface area contributed by atoms with Crippen LogP contribution in [0, 0.1) is 5.41 Å². The number of rotatable bonds is 1. The largest absolute Gasteiger partial charge is 0.305 e. The molecule has 7 nitrogen and oxygen atoms in total. The van der Waals surface area contributed by atoms with Gasteiger partial charge in [0.15, 0.2) is 0 Å². The fourth-order valence-electron chi connectivity index (χ4n) is 1.55. The minimum atomic E-state index is -0.685. The van der Waals surface area contributed by atoms with E-state index in [-0.39, 0.29) is 11.7 Å². The van der Waals surface area contributed by atoms with Gasteiger partial charge in [-0.2, -0.15) is 0 Å². The van der Waals surface area contributed by atoms with Crippen molar-refractivity contribution in [3.8, 4) is 0 Å². The average Bonchev–Trinajstić information content (AvgIpc) is 2.43. The highest BCUT2D eigenvalue weighted by molar-refractivity contribution is 5.94. The number of fused-ring (bicyclic) bond motifs is 1. The Morgan fingerprint density at radius 2 is 1.81 bits per heavy atom. The van der Waals surface area contributed by atoms with Crippen molar-refractivity contribution in [2.75, 3.05) is 0 Å². The van der Waals surface area contributed by atoms with Gasteiger partial charge in [-0.25, -0.2) is 4.98 Å². The monoisotopic (exact) mass is 288 g/mol. The van der Waals surface area contributed by atoms with E-state index in [2.05, 4.69) is 20.8 Å². The molecule has 0 unspecified atom stereocenters. The minimum Gasteiger partial charge on any atom is -0.302 e. The summed E-state index contributed by atoms with van der Waals surface area (Å²) >= 11 is 0. The van der Waals surface area contributed by atoms with Crippen LogP contribution in [-0.2, 0) is 4.79 Å². The summed E-state index contributed by atoms with van der Waals surface area (Å²) < 4.78 is 0. The van der Waals surface area contributed by atoms with Gasteiger partial charge in [0.25, 0.3) is 5.56 Å². The molecule has 2 rings (SSSR count). The topological polar surface area (TPSA) is 104 Å². The summed E-state index contributed by atoms with van der Waals surface area (Å²) in [6.45, 7) is 5.14. The van der Waals surface area contributed by atoms with Gasteiger partial charge < -0.3 is 4.98 Å². The van der Waals surface area contributed by atoms with Gasteiger partial charge in [0, 0.05) is 5.41 Å². The summed E-state index contributed by atoms with van der Waals surface area (Å²) in [5, 5.41) is 0.396. The quantitative estimate of drug-likeness (QED) is 0.673. The lowest BCUT2D eigenvalue weighted by Gasteiger charge is -2.17. The molecule has 3 N–H and O–H groups in total. The van der Waals surface area contributed by atoms with E-state index in [1.54, 1.807) is 45.0 Å². The third-order valence-corrected chi connectivity index (χ3v) is 2.80.